The lowest BCUT2D eigenvalue weighted by Gasteiger charge is -2.17. The zero-order chi connectivity index (χ0) is 18.9. The van der Waals surface area contributed by atoms with Crippen molar-refractivity contribution in [3.05, 3.63) is 64.1 Å². The summed E-state index contributed by atoms with van der Waals surface area (Å²) in [6.07, 6.45) is 0. The van der Waals surface area contributed by atoms with Gasteiger partial charge < -0.3 is 20.1 Å². The minimum absolute atomic E-state index is 0.0529. The van der Waals surface area contributed by atoms with Crippen LogP contribution in [0.4, 0.5) is 5.69 Å². The van der Waals surface area contributed by atoms with Gasteiger partial charge in [-0.25, -0.2) is 4.79 Å². The molecule has 1 amide bonds. The Bertz CT molecular complexity index is 749. The summed E-state index contributed by atoms with van der Waals surface area (Å²) < 4.78 is 6.12. The number of anilines is 1. The summed E-state index contributed by atoms with van der Waals surface area (Å²) in [4.78, 5) is 26.0. The molecule has 2 aromatic rings. The molecule has 0 aliphatic heterocycles. The number of hydrogen-bond donors (Lipinski definition) is 2. The first-order valence-corrected chi connectivity index (χ1v) is 8.90. The smallest absolute Gasteiger partial charge is 0.340 e. The molecule has 2 aromatic carbocycles. The number of hydrogen-bond acceptors (Lipinski definition) is 5. The average Bonchev–Trinajstić information content (AvgIpc) is 2.66. The van der Waals surface area contributed by atoms with Gasteiger partial charge in [-0.3, -0.25) is 4.79 Å². The number of likely N-dealkylation sites (N-methyl/N-ethyl adjacent to an activating group) is 1. The van der Waals surface area contributed by atoms with Crippen LogP contribution in [0.25, 0.3) is 0 Å². The zero-order valence-electron chi connectivity index (χ0n) is 14.4. The number of esters is 1. The van der Waals surface area contributed by atoms with Gasteiger partial charge in [-0.2, -0.15) is 0 Å². The Morgan fingerprint density at radius 2 is 1.85 bits per heavy atom. The van der Waals surface area contributed by atoms with E-state index in [2.05, 4.69) is 21.2 Å². The summed E-state index contributed by atoms with van der Waals surface area (Å²) in [6, 6.07) is 14.5. The van der Waals surface area contributed by atoms with Crippen molar-refractivity contribution in [1.82, 2.24) is 4.90 Å². The lowest BCUT2D eigenvalue weighted by atomic mass is 10.2. The first kappa shape index (κ1) is 19.9. The number of aliphatic hydroxyl groups excluding tert-OH is 1. The van der Waals surface area contributed by atoms with Crippen molar-refractivity contribution in [3.8, 4) is 0 Å². The van der Waals surface area contributed by atoms with E-state index < -0.39 is 5.97 Å². The van der Waals surface area contributed by atoms with Crippen LogP contribution in [-0.4, -0.2) is 48.7 Å². The van der Waals surface area contributed by atoms with Gasteiger partial charge in [-0.05, 0) is 29.8 Å². The molecule has 0 fully saturated rings. The van der Waals surface area contributed by atoms with Crippen molar-refractivity contribution >= 4 is 33.5 Å². The monoisotopic (exact) mass is 420 g/mol. The van der Waals surface area contributed by atoms with Crippen LogP contribution in [0.2, 0.25) is 0 Å². The van der Waals surface area contributed by atoms with Gasteiger partial charge in [-0.1, -0.05) is 40.2 Å². The Labute approximate surface area is 160 Å². The van der Waals surface area contributed by atoms with E-state index in [-0.39, 0.29) is 19.1 Å². The van der Waals surface area contributed by atoms with Gasteiger partial charge in [0.2, 0.25) is 0 Å². The van der Waals surface area contributed by atoms with Gasteiger partial charge in [0.25, 0.3) is 5.91 Å². The molecule has 0 atom stereocenters. The number of ether oxygens (including phenoxy) is 1. The number of amides is 1. The number of rotatable bonds is 8. The topological polar surface area (TPSA) is 78.9 Å². The van der Waals surface area contributed by atoms with Crippen LogP contribution in [-0.2, 0) is 16.1 Å². The van der Waals surface area contributed by atoms with Gasteiger partial charge in [0.05, 0.1) is 12.2 Å². The standard InChI is InChI=1S/C19H21BrN2O4/c1-22(12-14-6-8-15(20)9-7-14)18(24)13-26-19(25)16-4-2-3-5-17(16)21-10-11-23/h2-9,21,23H,10-13H2,1H3. The van der Waals surface area contributed by atoms with Crippen LogP contribution in [0.15, 0.2) is 53.0 Å². The van der Waals surface area contributed by atoms with Crippen molar-refractivity contribution in [2.75, 3.05) is 32.1 Å². The van der Waals surface area contributed by atoms with Gasteiger partial charge in [-0.15, -0.1) is 0 Å². The first-order valence-electron chi connectivity index (χ1n) is 8.10. The SMILES string of the molecule is CN(Cc1ccc(Br)cc1)C(=O)COC(=O)c1ccccc1NCCO. The minimum atomic E-state index is -0.587. The fourth-order valence-corrected chi connectivity index (χ4v) is 2.54. The molecule has 0 saturated carbocycles. The lowest BCUT2D eigenvalue weighted by Crippen LogP contribution is -2.31. The number of benzene rings is 2. The van der Waals surface area contributed by atoms with E-state index in [9.17, 15) is 9.59 Å². The molecule has 0 aliphatic rings. The predicted octanol–water partition coefficient (Wildman–Crippen LogP) is 2.67. The Morgan fingerprint density at radius 1 is 1.15 bits per heavy atom. The third-order valence-corrected chi connectivity index (χ3v) is 4.19. The maximum atomic E-state index is 12.3. The van der Waals surface area contributed by atoms with Crippen molar-refractivity contribution < 1.29 is 19.4 Å². The first-order chi connectivity index (χ1) is 12.5. The number of para-hydroxylation sites is 1. The maximum absolute atomic E-state index is 12.3. The summed E-state index contributed by atoms with van der Waals surface area (Å²) in [6.45, 7) is 0.361. The Hall–Kier alpha value is -2.38. The van der Waals surface area contributed by atoms with E-state index in [1.165, 1.54) is 4.90 Å². The number of halogens is 1. The highest BCUT2D eigenvalue weighted by molar-refractivity contribution is 9.10. The molecule has 7 heteroatoms. The molecule has 0 bridgehead atoms. The molecular formula is C19H21BrN2O4. The van der Waals surface area contributed by atoms with Crippen molar-refractivity contribution in [2.45, 2.75) is 6.54 Å². The van der Waals surface area contributed by atoms with Crippen LogP contribution in [0.3, 0.4) is 0 Å². The highest BCUT2D eigenvalue weighted by atomic mass is 79.9. The quantitative estimate of drug-likeness (QED) is 0.641. The third kappa shape index (κ3) is 5.86. The van der Waals surface area contributed by atoms with E-state index in [4.69, 9.17) is 9.84 Å². The van der Waals surface area contributed by atoms with E-state index in [0.717, 1.165) is 10.0 Å². The molecule has 0 spiro atoms. The highest BCUT2D eigenvalue weighted by Crippen LogP contribution is 2.16. The Morgan fingerprint density at radius 3 is 2.54 bits per heavy atom. The number of carbonyl (C=O) groups is 2. The molecule has 26 heavy (non-hydrogen) atoms. The third-order valence-electron chi connectivity index (χ3n) is 3.66. The molecule has 6 nitrogen and oxygen atoms in total. The second-order valence-electron chi connectivity index (χ2n) is 5.65. The number of nitrogens with one attached hydrogen (secondary N) is 1. The van der Waals surface area contributed by atoms with Crippen molar-refractivity contribution in [2.24, 2.45) is 0 Å². The largest absolute Gasteiger partial charge is 0.452 e. The summed E-state index contributed by atoms with van der Waals surface area (Å²) in [5, 5.41) is 11.8. The van der Waals surface area contributed by atoms with Gasteiger partial charge in [0, 0.05) is 30.3 Å². The molecule has 138 valence electrons. The number of carbonyl (C=O) groups excluding carboxylic acids is 2. The van der Waals surface area contributed by atoms with Crippen LogP contribution in [0.5, 0.6) is 0 Å². The number of aliphatic hydroxyl groups is 1. The molecule has 0 saturated heterocycles. The van der Waals surface area contributed by atoms with E-state index in [1.54, 1.807) is 31.3 Å². The molecule has 0 unspecified atom stereocenters. The Kier molecular flexibility index (Phi) is 7.62. The molecule has 0 aliphatic carbocycles. The van der Waals surface area contributed by atoms with E-state index >= 15 is 0 Å². The van der Waals surface area contributed by atoms with Gasteiger partial charge >= 0.3 is 5.97 Å². The van der Waals surface area contributed by atoms with E-state index in [0.29, 0.717) is 24.3 Å². The summed E-state index contributed by atoms with van der Waals surface area (Å²) in [5.41, 5.74) is 1.86. The van der Waals surface area contributed by atoms with Crippen LogP contribution in [0.1, 0.15) is 15.9 Å². The fourth-order valence-electron chi connectivity index (χ4n) is 2.27. The van der Waals surface area contributed by atoms with Crippen molar-refractivity contribution in [1.29, 1.82) is 0 Å². The highest BCUT2D eigenvalue weighted by Gasteiger charge is 2.16. The summed E-state index contributed by atoms with van der Waals surface area (Å²) in [7, 11) is 1.66. The second kappa shape index (κ2) is 9.94. The van der Waals surface area contributed by atoms with Gasteiger partial charge in [0.15, 0.2) is 6.61 Å². The molecule has 2 rings (SSSR count). The van der Waals surface area contributed by atoms with Crippen molar-refractivity contribution in [3.63, 3.8) is 0 Å². The molecule has 0 aromatic heterocycles. The normalized spacial score (nSPS) is 10.3. The van der Waals surface area contributed by atoms with Crippen LogP contribution >= 0.6 is 15.9 Å². The van der Waals surface area contributed by atoms with Gasteiger partial charge in [0.1, 0.15) is 0 Å². The van der Waals surface area contributed by atoms with Crippen LogP contribution in [0, 0.1) is 0 Å². The van der Waals surface area contributed by atoms with E-state index in [1.807, 2.05) is 24.3 Å². The fraction of sp³-hybridized carbons (Fsp3) is 0.263. The molecule has 0 heterocycles. The summed E-state index contributed by atoms with van der Waals surface area (Å²) >= 11 is 3.37. The second-order valence-corrected chi connectivity index (χ2v) is 6.56. The average molecular weight is 421 g/mol. The lowest BCUT2D eigenvalue weighted by molar-refractivity contribution is -0.133. The summed E-state index contributed by atoms with van der Waals surface area (Å²) in [5.74, 6) is -0.876. The molecule has 0 radical (unpaired) electrons. The molecular weight excluding hydrogens is 400 g/mol. The van der Waals surface area contributed by atoms with Crippen LogP contribution < -0.4 is 5.32 Å². The number of nitrogens with zero attached hydrogens (tertiary/aromatic N) is 1. The maximum Gasteiger partial charge on any atom is 0.340 e. The minimum Gasteiger partial charge on any atom is -0.452 e. The predicted molar refractivity (Wildman–Crippen MR) is 103 cm³/mol. The Balaban J connectivity index is 1.90. The molecule has 2 N–H and O–H groups in total. The zero-order valence-corrected chi connectivity index (χ0v) is 16.0.